The van der Waals surface area contributed by atoms with Gasteiger partial charge in [-0.15, -0.1) is 0 Å². The molecule has 0 saturated heterocycles. The van der Waals surface area contributed by atoms with Gasteiger partial charge in [-0.1, -0.05) is 356 Å². The first-order chi connectivity index (χ1) is 40.6. The van der Waals surface area contributed by atoms with Crippen LogP contribution in [0, 0.1) is 0 Å². The summed E-state index contributed by atoms with van der Waals surface area (Å²) in [5.41, 5.74) is 0. The minimum absolute atomic E-state index is 0.0633. The fourth-order valence-electron chi connectivity index (χ4n) is 10.8. The number of carbonyl (C=O) groups excluding carboxylic acids is 2. The van der Waals surface area contributed by atoms with Crippen LogP contribution in [0.4, 0.5) is 0 Å². The first kappa shape index (κ1) is 79.1. The van der Waals surface area contributed by atoms with Crippen LogP contribution in [0.1, 0.15) is 373 Å². The fraction of sp³-hybridized carbons (Fsp3) is 0.792. The Hall–Kier alpha value is -2.92. The molecule has 0 aromatic rings. The number of aliphatic hydroxyl groups is 1. The fourth-order valence-corrected chi connectivity index (χ4v) is 10.8. The third-order valence-electron chi connectivity index (χ3n) is 16.2. The molecule has 0 aliphatic carbocycles. The highest BCUT2D eigenvalue weighted by Crippen LogP contribution is 2.18. The standard InChI is InChI=1S/C77H138O5/c1-3-5-7-9-11-13-15-17-19-21-23-25-27-29-31-33-35-37-38-40-42-44-46-48-50-52-54-56-58-60-62-64-66-68-70-72-77(80)82-75(73-78)74-81-76(79)71-69-67-65-63-61-59-57-55-53-51-49-47-45-43-41-39-36-34-32-30-28-26-24-22-20-18-16-14-12-10-8-6-4-2/h5,7,11,13,17,19,22-25,29,31,35,37,75,78H,3-4,6,8-10,12,14-16,18,20-21,26-28,30,32-34,36,38-74H2,1-2H3/b7-5-,13-11-,19-17-,24-22-,25-23-,31-29-,37-35-. The van der Waals surface area contributed by atoms with Gasteiger partial charge >= 0.3 is 11.9 Å². The molecule has 1 N–H and O–H groups in total. The van der Waals surface area contributed by atoms with Gasteiger partial charge in [-0.3, -0.25) is 9.59 Å². The van der Waals surface area contributed by atoms with Crippen molar-refractivity contribution in [2.24, 2.45) is 0 Å². The van der Waals surface area contributed by atoms with Gasteiger partial charge in [0.2, 0.25) is 0 Å². The summed E-state index contributed by atoms with van der Waals surface area (Å²) in [7, 11) is 0. The van der Waals surface area contributed by atoms with E-state index >= 15 is 0 Å². The number of unbranched alkanes of at least 4 members (excludes halogenated alkanes) is 45. The highest BCUT2D eigenvalue weighted by molar-refractivity contribution is 5.70. The van der Waals surface area contributed by atoms with Crippen LogP contribution in [0.2, 0.25) is 0 Å². The number of rotatable bonds is 67. The van der Waals surface area contributed by atoms with E-state index < -0.39 is 6.10 Å². The van der Waals surface area contributed by atoms with Gasteiger partial charge in [0.1, 0.15) is 6.61 Å². The number of carbonyl (C=O) groups is 2. The molecule has 0 heterocycles. The van der Waals surface area contributed by atoms with Gasteiger partial charge in [0.15, 0.2) is 6.10 Å². The van der Waals surface area contributed by atoms with E-state index in [4.69, 9.17) is 9.47 Å². The molecule has 5 heteroatoms. The summed E-state index contributed by atoms with van der Waals surface area (Å²) >= 11 is 0. The summed E-state index contributed by atoms with van der Waals surface area (Å²) < 4.78 is 10.8. The number of allylic oxidation sites excluding steroid dienone is 14. The number of ether oxygens (including phenoxy) is 2. The molecule has 0 spiro atoms. The van der Waals surface area contributed by atoms with Gasteiger partial charge in [-0.05, 0) is 89.9 Å². The van der Waals surface area contributed by atoms with Crippen molar-refractivity contribution in [1.29, 1.82) is 0 Å². The predicted octanol–water partition coefficient (Wildman–Crippen LogP) is 25.2. The Bertz CT molecular complexity index is 1480. The van der Waals surface area contributed by atoms with E-state index in [2.05, 4.69) is 98.9 Å². The minimum atomic E-state index is -0.775. The number of aliphatic hydroxyl groups excluding tert-OH is 1. The second kappa shape index (κ2) is 72.3. The van der Waals surface area contributed by atoms with E-state index in [1.165, 1.54) is 270 Å². The lowest BCUT2D eigenvalue weighted by atomic mass is 10.0. The zero-order valence-electron chi connectivity index (χ0n) is 54.8. The molecular formula is C77H138O5. The normalized spacial score (nSPS) is 12.7. The first-order valence-corrected chi connectivity index (χ1v) is 36.1. The highest BCUT2D eigenvalue weighted by Gasteiger charge is 2.16. The molecule has 0 radical (unpaired) electrons. The van der Waals surface area contributed by atoms with E-state index in [9.17, 15) is 14.7 Å². The van der Waals surface area contributed by atoms with Gasteiger partial charge in [-0.2, -0.15) is 0 Å². The predicted molar refractivity (Wildman–Crippen MR) is 362 cm³/mol. The van der Waals surface area contributed by atoms with Crippen molar-refractivity contribution in [2.75, 3.05) is 13.2 Å². The first-order valence-electron chi connectivity index (χ1n) is 36.1. The summed E-state index contributed by atoms with van der Waals surface area (Å²) in [6.07, 6.45) is 102. The monoisotopic (exact) mass is 1140 g/mol. The number of hydrogen-bond acceptors (Lipinski definition) is 5. The Balaban J connectivity index is 3.42. The Morgan fingerprint density at radius 2 is 0.524 bits per heavy atom. The van der Waals surface area contributed by atoms with E-state index in [0.29, 0.717) is 12.8 Å². The van der Waals surface area contributed by atoms with Crippen LogP contribution in [0.25, 0.3) is 0 Å². The average molecular weight is 1140 g/mol. The van der Waals surface area contributed by atoms with Crippen LogP contribution in [0.15, 0.2) is 85.1 Å². The highest BCUT2D eigenvalue weighted by atomic mass is 16.6. The van der Waals surface area contributed by atoms with Gasteiger partial charge in [0, 0.05) is 12.8 Å². The van der Waals surface area contributed by atoms with Gasteiger partial charge in [-0.25, -0.2) is 0 Å². The van der Waals surface area contributed by atoms with Crippen LogP contribution < -0.4 is 0 Å². The average Bonchev–Trinajstić information content (AvgIpc) is 3.49. The van der Waals surface area contributed by atoms with Crippen molar-refractivity contribution in [3.05, 3.63) is 85.1 Å². The largest absolute Gasteiger partial charge is 0.462 e. The van der Waals surface area contributed by atoms with Gasteiger partial charge in [0.05, 0.1) is 6.61 Å². The summed E-state index contributed by atoms with van der Waals surface area (Å²) in [6, 6.07) is 0. The molecule has 0 aliphatic heterocycles. The molecule has 476 valence electrons. The van der Waals surface area contributed by atoms with Crippen LogP contribution in [0.5, 0.6) is 0 Å². The van der Waals surface area contributed by atoms with Crippen molar-refractivity contribution in [3.8, 4) is 0 Å². The van der Waals surface area contributed by atoms with E-state index in [-0.39, 0.29) is 25.2 Å². The van der Waals surface area contributed by atoms with Crippen LogP contribution in [-0.4, -0.2) is 36.4 Å². The Morgan fingerprint density at radius 1 is 0.293 bits per heavy atom. The maximum Gasteiger partial charge on any atom is 0.306 e. The third-order valence-corrected chi connectivity index (χ3v) is 16.2. The zero-order valence-corrected chi connectivity index (χ0v) is 54.8. The lowest BCUT2D eigenvalue weighted by Gasteiger charge is -2.15. The molecule has 1 unspecified atom stereocenters. The second-order valence-electron chi connectivity index (χ2n) is 24.3. The maximum absolute atomic E-state index is 12.4. The van der Waals surface area contributed by atoms with Gasteiger partial charge < -0.3 is 14.6 Å². The molecule has 0 saturated carbocycles. The number of esters is 2. The second-order valence-corrected chi connectivity index (χ2v) is 24.3. The van der Waals surface area contributed by atoms with Crippen molar-refractivity contribution in [1.82, 2.24) is 0 Å². The van der Waals surface area contributed by atoms with E-state index in [0.717, 1.165) is 77.0 Å². The summed E-state index contributed by atoms with van der Waals surface area (Å²) in [5, 5.41) is 9.71. The molecule has 82 heavy (non-hydrogen) atoms. The Morgan fingerprint density at radius 3 is 0.805 bits per heavy atom. The summed E-state index contributed by atoms with van der Waals surface area (Å²) in [5.74, 6) is -0.573. The topological polar surface area (TPSA) is 72.8 Å². The van der Waals surface area contributed by atoms with Crippen molar-refractivity contribution in [3.63, 3.8) is 0 Å². The molecular weight excluding hydrogens is 1000 g/mol. The molecule has 5 nitrogen and oxygen atoms in total. The molecule has 0 bridgehead atoms. The molecule has 0 aromatic heterocycles. The summed E-state index contributed by atoms with van der Waals surface area (Å²) in [4.78, 5) is 24.7. The third kappa shape index (κ3) is 69.6. The van der Waals surface area contributed by atoms with E-state index in [1.807, 2.05) is 0 Å². The quantitative estimate of drug-likeness (QED) is 0.0373. The summed E-state index contributed by atoms with van der Waals surface area (Å²) in [6.45, 7) is 4.07. The molecule has 0 aliphatic rings. The van der Waals surface area contributed by atoms with Crippen LogP contribution in [0.3, 0.4) is 0 Å². The Kier molecular flexibility index (Phi) is 69.8. The minimum Gasteiger partial charge on any atom is -0.462 e. The molecule has 0 amide bonds. The van der Waals surface area contributed by atoms with Crippen LogP contribution in [-0.2, 0) is 19.1 Å². The maximum atomic E-state index is 12.4. The van der Waals surface area contributed by atoms with Crippen molar-refractivity contribution >= 4 is 11.9 Å². The van der Waals surface area contributed by atoms with Gasteiger partial charge in [0.25, 0.3) is 0 Å². The van der Waals surface area contributed by atoms with Crippen LogP contribution >= 0.6 is 0 Å². The van der Waals surface area contributed by atoms with Crippen molar-refractivity contribution < 1.29 is 24.2 Å². The molecule has 0 rings (SSSR count). The smallest absolute Gasteiger partial charge is 0.306 e. The zero-order chi connectivity index (χ0) is 59.1. The molecule has 1 atom stereocenters. The molecule has 0 aromatic carbocycles. The Labute approximate surface area is 511 Å². The van der Waals surface area contributed by atoms with Crippen molar-refractivity contribution in [2.45, 2.75) is 380 Å². The lowest BCUT2D eigenvalue weighted by molar-refractivity contribution is -0.161. The number of hydrogen-bond donors (Lipinski definition) is 1. The lowest BCUT2D eigenvalue weighted by Crippen LogP contribution is -2.28. The molecule has 0 fully saturated rings. The van der Waals surface area contributed by atoms with E-state index in [1.54, 1.807) is 0 Å². The SMILES string of the molecule is CC/C=C\C/C=C\C/C=C\C/C=C\C/C=C\C/C=C\CCCCCCCCCCCCCCCCCCC(=O)OC(CO)COC(=O)CCCCCCCCCCCCCCCCCCCCCCC/C=C\CCCCCCCCCC.